The Labute approximate surface area is 102 Å². The number of halogens is 1. The van der Waals surface area contributed by atoms with Gasteiger partial charge in [-0.05, 0) is 0 Å². The molecule has 1 heterocycles. The number of hydrogen-bond donors (Lipinski definition) is 2. The zero-order valence-electron chi connectivity index (χ0n) is 8.53. The average molecular weight is 264 g/mol. The van der Waals surface area contributed by atoms with Gasteiger partial charge in [-0.25, -0.2) is 5.84 Å². The van der Waals surface area contributed by atoms with Crippen molar-refractivity contribution in [3.8, 4) is 0 Å². The van der Waals surface area contributed by atoms with E-state index in [2.05, 4.69) is 0 Å². The molecule has 0 aliphatic carbocycles. The number of carboxylic acids is 1. The molecule has 1 rings (SSSR count). The van der Waals surface area contributed by atoms with Gasteiger partial charge in [0.25, 0.3) is 17.7 Å². The van der Waals surface area contributed by atoms with Gasteiger partial charge in [0.05, 0.1) is 0 Å². The molecule has 1 aliphatic heterocycles. The fourth-order valence-corrected chi connectivity index (χ4v) is 1.05. The van der Waals surface area contributed by atoms with E-state index in [0.29, 0.717) is 9.91 Å². The second-order valence-electron chi connectivity index (χ2n) is 3.01. The van der Waals surface area contributed by atoms with Crippen LogP contribution in [0.25, 0.3) is 0 Å². The van der Waals surface area contributed by atoms with Gasteiger partial charge in [-0.3, -0.25) is 29.1 Å². The van der Waals surface area contributed by atoms with E-state index < -0.39 is 36.8 Å². The Morgan fingerprint density at radius 1 is 1.29 bits per heavy atom. The van der Waals surface area contributed by atoms with Crippen LogP contribution in [0.4, 0.5) is 0 Å². The van der Waals surface area contributed by atoms with Crippen molar-refractivity contribution in [3.63, 3.8) is 0 Å². The predicted molar refractivity (Wildman–Crippen MR) is 56.6 cm³/mol. The molecule has 0 radical (unpaired) electrons. The first-order valence-corrected chi connectivity index (χ1v) is 4.22. The summed E-state index contributed by atoms with van der Waals surface area (Å²) in [7, 11) is 0. The summed E-state index contributed by atoms with van der Waals surface area (Å²) >= 11 is 0. The summed E-state index contributed by atoms with van der Waals surface area (Å²) in [6.45, 7) is -1.25. The largest absolute Gasteiger partial charge is 0.480 e. The van der Waals surface area contributed by atoms with Gasteiger partial charge in [-0.15, -0.1) is 12.4 Å². The van der Waals surface area contributed by atoms with E-state index >= 15 is 0 Å². The number of hydrazine groups is 1. The number of amides is 3. The summed E-state index contributed by atoms with van der Waals surface area (Å²) in [5.41, 5.74) is 0. The number of nitrogens with two attached hydrogens (primary N) is 1. The third-order valence-corrected chi connectivity index (χ3v) is 1.82. The van der Waals surface area contributed by atoms with E-state index in [1.807, 2.05) is 0 Å². The minimum absolute atomic E-state index is 0. The fourth-order valence-electron chi connectivity index (χ4n) is 1.05. The van der Waals surface area contributed by atoms with Crippen molar-refractivity contribution in [1.29, 1.82) is 0 Å². The smallest absolute Gasteiger partial charge is 0.324 e. The van der Waals surface area contributed by atoms with Gasteiger partial charge in [-0.2, -0.15) is 0 Å². The van der Waals surface area contributed by atoms with Gasteiger partial charge in [0.15, 0.2) is 0 Å². The van der Waals surface area contributed by atoms with Crippen LogP contribution in [0.1, 0.15) is 0 Å². The average Bonchev–Trinajstić information content (AvgIpc) is 2.48. The van der Waals surface area contributed by atoms with Crippen molar-refractivity contribution in [3.05, 3.63) is 12.2 Å². The lowest BCUT2D eigenvalue weighted by atomic mass is 10.4. The number of rotatable bonds is 4. The van der Waals surface area contributed by atoms with Crippen molar-refractivity contribution in [2.45, 2.75) is 0 Å². The number of carbonyl (C=O) groups is 4. The maximum atomic E-state index is 11.3. The van der Waals surface area contributed by atoms with E-state index in [1.165, 1.54) is 0 Å². The van der Waals surface area contributed by atoms with Crippen LogP contribution in [0.3, 0.4) is 0 Å². The molecule has 9 heteroatoms. The predicted octanol–water partition coefficient (Wildman–Crippen LogP) is -1.88. The molecule has 3 N–H and O–H groups in total. The minimum Gasteiger partial charge on any atom is -0.480 e. The van der Waals surface area contributed by atoms with E-state index in [-0.39, 0.29) is 12.4 Å². The third kappa shape index (κ3) is 3.85. The van der Waals surface area contributed by atoms with Crippen molar-refractivity contribution < 1.29 is 24.3 Å². The second kappa shape index (κ2) is 5.97. The highest BCUT2D eigenvalue weighted by Gasteiger charge is 2.27. The van der Waals surface area contributed by atoms with Crippen LogP contribution in [-0.4, -0.2) is 51.8 Å². The Kier molecular flexibility index (Phi) is 5.29. The number of aliphatic carboxylic acids is 1. The number of imide groups is 1. The molecule has 0 saturated heterocycles. The molecular weight excluding hydrogens is 254 g/mol. The lowest BCUT2D eigenvalue weighted by Gasteiger charge is -2.18. The SMILES string of the molecule is Cl.NN(CC(=O)O)C(=O)CN1C(=O)C=CC1=O. The quantitative estimate of drug-likeness (QED) is 0.265. The lowest BCUT2D eigenvalue weighted by Crippen LogP contribution is -2.47. The van der Waals surface area contributed by atoms with Crippen molar-refractivity contribution >= 4 is 36.1 Å². The molecular formula is C8H10ClN3O5. The topological polar surface area (TPSA) is 121 Å². The van der Waals surface area contributed by atoms with Gasteiger partial charge in [0.2, 0.25) is 0 Å². The van der Waals surface area contributed by atoms with Gasteiger partial charge >= 0.3 is 5.97 Å². The zero-order chi connectivity index (χ0) is 12.3. The summed E-state index contributed by atoms with van der Waals surface area (Å²) in [4.78, 5) is 44.3. The van der Waals surface area contributed by atoms with Gasteiger partial charge in [0.1, 0.15) is 13.1 Å². The van der Waals surface area contributed by atoms with Gasteiger partial charge < -0.3 is 5.11 Å². The highest BCUT2D eigenvalue weighted by atomic mass is 35.5. The van der Waals surface area contributed by atoms with Crippen LogP contribution < -0.4 is 5.84 Å². The molecule has 1 aliphatic rings. The molecule has 0 aromatic rings. The molecule has 0 fully saturated rings. The molecule has 0 aromatic heterocycles. The first-order chi connectivity index (χ1) is 7.41. The Morgan fingerprint density at radius 3 is 2.18 bits per heavy atom. The number of nitrogens with zero attached hydrogens (tertiary/aromatic N) is 2. The van der Waals surface area contributed by atoms with E-state index in [9.17, 15) is 19.2 Å². The first-order valence-electron chi connectivity index (χ1n) is 4.22. The molecule has 8 nitrogen and oxygen atoms in total. The Morgan fingerprint density at radius 2 is 1.76 bits per heavy atom. The highest BCUT2D eigenvalue weighted by molar-refractivity contribution is 6.14. The first kappa shape index (κ1) is 15.1. The minimum atomic E-state index is -1.28. The summed E-state index contributed by atoms with van der Waals surface area (Å²) in [5.74, 6) is 1.76. The van der Waals surface area contributed by atoms with E-state index in [0.717, 1.165) is 12.2 Å². The molecule has 17 heavy (non-hydrogen) atoms. The molecule has 3 amide bonds. The van der Waals surface area contributed by atoms with Gasteiger partial charge in [-0.1, -0.05) is 0 Å². The molecule has 0 aromatic carbocycles. The summed E-state index contributed by atoms with van der Waals surface area (Å²) in [6, 6.07) is 0. The van der Waals surface area contributed by atoms with E-state index in [1.54, 1.807) is 0 Å². The van der Waals surface area contributed by atoms with Crippen LogP contribution in [0.5, 0.6) is 0 Å². The zero-order valence-corrected chi connectivity index (χ0v) is 9.35. The molecule has 0 bridgehead atoms. The fraction of sp³-hybridized carbons (Fsp3) is 0.250. The molecule has 0 spiro atoms. The monoisotopic (exact) mass is 263 g/mol. The second-order valence-corrected chi connectivity index (χ2v) is 3.01. The third-order valence-electron chi connectivity index (χ3n) is 1.82. The number of carbonyl (C=O) groups excluding carboxylic acids is 3. The Bertz CT molecular complexity index is 377. The summed E-state index contributed by atoms with van der Waals surface area (Å²) in [6.07, 6.45) is 2.04. The number of carboxylic acid groups (broad SMARTS) is 1. The Balaban J connectivity index is 0.00000256. The van der Waals surface area contributed by atoms with Gasteiger partial charge in [0, 0.05) is 12.2 Å². The molecule has 0 unspecified atom stereocenters. The molecule has 0 atom stereocenters. The van der Waals surface area contributed by atoms with Crippen LogP contribution in [-0.2, 0) is 19.2 Å². The Hall–Kier alpha value is -1.93. The maximum Gasteiger partial charge on any atom is 0.324 e. The molecule has 94 valence electrons. The summed E-state index contributed by atoms with van der Waals surface area (Å²) in [5, 5.41) is 8.80. The maximum absolute atomic E-state index is 11.3. The van der Waals surface area contributed by atoms with Crippen LogP contribution in [0, 0.1) is 0 Å². The van der Waals surface area contributed by atoms with Crippen LogP contribution in [0.15, 0.2) is 12.2 Å². The normalized spacial score (nSPS) is 13.6. The standard InChI is InChI=1S/C8H9N3O5.ClH/c9-11(4-8(15)16)7(14)3-10-5(12)1-2-6(10)13;/h1-2H,3-4,9H2,(H,15,16);1H. The van der Waals surface area contributed by atoms with Crippen LogP contribution >= 0.6 is 12.4 Å². The van der Waals surface area contributed by atoms with E-state index in [4.69, 9.17) is 10.9 Å². The number of hydrogen-bond acceptors (Lipinski definition) is 5. The van der Waals surface area contributed by atoms with Crippen LogP contribution in [0.2, 0.25) is 0 Å². The lowest BCUT2D eigenvalue weighted by molar-refractivity contribution is -0.148. The van der Waals surface area contributed by atoms with Crippen molar-refractivity contribution in [1.82, 2.24) is 9.91 Å². The van der Waals surface area contributed by atoms with Crippen molar-refractivity contribution in [2.24, 2.45) is 5.84 Å². The highest BCUT2D eigenvalue weighted by Crippen LogP contribution is 2.03. The molecule has 0 saturated carbocycles. The summed E-state index contributed by atoms with van der Waals surface area (Å²) < 4.78 is 0. The van der Waals surface area contributed by atoms with Crippen molar-refractivity contribution in [2.75, 3.05) is 13.1 Å².